The molecule has 0 saturated heterocycles. The molecule has 0 spiro atoms. The molecule has 0 aliphatic rings. The van der Waals surface area contributed by atoms with E-state index in [-0.39, 0.29) is 0 Å². The van der Waals surface area contributed by atoms with E-state index in [1.807, 2.05) is 40.9 Å². The molecule has 0 aliphatic carbocycles. The Morgan fingerprint density at radius 3 is 2.15 bits per heavy atom. The zero-order chi connectivity index (χ0) is 25.5. The third kappa shape index (κ3) is 2.84. The van der Waals surface area contributed by atoms with Crippen molar-refractivity contribution in [3.8, 4) is 17.2 Å². The Hall–Kier alpha value is -5.42. The first-order valence-corrected chi connectivity index (χ1v) is 13.0. The van der Waals surface area contributed by atoms with Crippen molar-refractivity contribution >= 4 is 60.2 Å². The molecule has 5 heteroatoms. The number of para-hydroxylation sites is 3. The summed E-state index contributed by atoms with van der Waals surface area (Å²) in [6, 6.07) is 41.8. The summed E-state index contributed by atoms with van der Waals surface area (Å²) in [5, 5.41) is 10.6. The summed E-state index contributed by atoms with van der Waals surface area (Å²) in [5.74, 6) is 0.754. The van der Waals surface area contributed by atoms with Crippen LogP contribution < -0.4 is 0 Å². The van der Waals surface area contributed by atoms with Gasteiger partial charge in [0.05, 0.1) is 27.8 Å². The fraction of sp³-hybridized carbons (Fsp3) is 0. The van der Waals surface area contributed by atoms with Crippen molar-refractivity contribution in [3.05, 3.63) is 121 Å². The quantitative estimate of drug-likeness (QED) is 0.239. The third-order valence-corrected chi connectivity index (χ3v) is 7.74. The number of furan rings is 1. The lowest BCUT2D eigenvalue weighted by atomic mass is 10.1. The summed E-state index contributed by atoms with van der Waals surface area (Å²) < 4.78 is 10.5. The van der Waals surface area contributed by atoms with E-state index in [0.717, 1.165) is 77.4 Å². The summed E-state index contributed by atoms with van der Waals surface area (Å²) >= 11 is 0. The van der Waals surface area contributed by atoms with Crippen LogP contribution in [0.3, 0.4) is 0 Å². The topological polar surface area (TPSA) is 48.3 Å². The van der Waals surface area contributed by atoms with Gasteiger partial charge in [-0.1, -0.05) is 84.9 Å². The maximum Gasteiger partial charge on any atom is 0.237 e. The first kappa shape index (κ1) is 20.6. The molecule has 5 nitrogen and oxygen atoms in total. The second kappa shape index (κ2) is 7.55. The fourth-order valence-corrected chi connectivity index (χ4v) is 5.97. The molecule has 5 aromatic carbocycles. The zero-order valence-electron chi connectivity index (χ0n) is 20.7. The third-order valence-electron chi connectivity index (χ3n) is 7.74. The van der Waals surface area contributed by atoms with Gasteiger partial charge in [0.25, 0.3) is 0 Å². The molecule has 0 bridgehead atoms. The Morgan fingerprint density at radius 2 is 1.26 bits per heavy atom. The number of nitrogens with zero attached hydrogens (tertiary/aromatic N) is 4. The van der Waals surface area contributed by atoms with Gasteiger partial charge in [-0.05, 0) is 36.4 Å². The molecule has 9 rings (SSSR count). The van der Waals surface area contributed by atoms with Gasteiger partial charge in [-0.3, -0.25) is 4.57 Å². The number of hydrogen-bond acceptors (Lipinski definition) is 3. The molecule has 0 atom stereocenters. The van der Waals surface area contributed by atoms with E-state index in [0.29, 0.717) is 0 Å². The lowest BCUT2D eigenvalue weighted by molar-refractivity contribution is 0.669. The van der Waals surface area contributed by atoms with Crippen LogP contribution in [0.2, 0.25) is 0 Å². The van der Waals surface area contributed by atoms with Crippen molar-refractivity contribution in [1.29, 1.82) is 0 Å². The maximum atomic E-state index is 6.26. The number of aromatic nitrogens is 4. The van der Waals surface area contributed by atoms with Crippen LogP contribution >= 0.6 is 0 Å². The van der Waals surface area contributed by atoms with E-state index in [2.05, 4.69) is 89.5 Å². The van der Waals surface area contributed by atoms with Gasteiger partial charge in [0.2, 0.25) is 5.95 Å². The van der Waals surface area contributed by atoms with Crippen LogP contribution in [0.1, 0.15) is 0 Å². The molecular weight excluding hydrogens is 480 g/mol. The van der Waals surface area contributed by atoms with Crippen molar-refractivity contribution in [3.63, 3.8) is 0 Å². The summed E-state index contributed by atoms with van der Waals surface area (Å²) in [4.78, 5) is 5.22. The predicted molar refractivity (Wildman–Crippen MR) is 158 cm³/mol. The monoisotopic (exact) mass is 500 g/mol. The first-order chi connectivity index (χ1) is 19.3. The highest BCUT2D eigenvalue weighted by molar-refractivity contribution is 6.17. The van der Waals surface area contributed by atoms with Gasteiger partial charge in [-0.2, -0.15) is 9.61 Å². The molecular formula is C34H20N4O. The van der Waals surface area contributed by atoms with Gasteiger partial charge in [-0.15, -0.1) is 0 Å². The summed E-state index contributed by atoms with van der Waals surface area (Å²) in [6.07, 6.45) is 0. The zero-order valence-corrected chi connectivity index (χ0v) is 20.7. The van der Waals surface area contributed by atoms with E-state index in [1.54, 1.807) is 0 Å². The molecule has 4 heterocycles. The number of benzene rings is 5. The predicted octanol–water partition coefficient (Wildman–Crippen LogP) is 8.55. The molecule has 39 heavy (non-hydrogen) atoms. The van der Waals surface area contributed by atoms with Gasteiger partial charge < -0.3 is 4.42 Å². The Kier molecular flexibility index (Phi) is 3.99. The molecule has 0 radical (unpaired) electrons. The number of fused-ring (bicyclic) bond motifs is 9. The van der Waals surface area contributed by atoms with Gasteiger partial charge >= 0.3 is 0 Å². The molecule has 0 amide bonds. The highest BCUT2D eigenvalue weighted by atomic mass is 16.3. The first-order valence-electron chi connectivity index (χ1n) is 13.0. The van der Waals surface area contributed by atoms with Gasteiger partial charge in [-0.25, -0.2) is 4.98 Å². The maximum absolute atomic E-state index is 6.26. The van der Waals surface area contributed by atoms with E-state index < -0.39 is 0 Å². The minimum atomic E-state index is 0.754. The van der Waals surface area contributed by atoms with Gasteiger partial charge in [0.1, 0.15) is 11.2 Å². The summed E-state index contributed by atoms with van der Waals surface area (Å²) in [6.45, 7) is 0. The molecule has 0 N–H and O–H groups in total. The second-order valence-corrected chi connectivity index (χ2v) is 9.94. The highest BCUT2D eigenvalue weighted by Gasteiger charge is 2.20. The lowest BCUT2D eigenvalue weighted by Gasteiger charge is -2.11. The Balaban J connectivity index is 1.46. The minimum Gasteiger partial charge on any atom is -0.456 e. The number of hydrogen-bond donors (Lipinski definition) is 0. The molecule has 0 unspecified atom stereocenters. The minimum absolute atomic E-state index is 0.754. The Morgan fingerprint density at radius 1 is 0.513 bits per heavy atom. The average molecular weight is 501 g/mol. The van der Waals surface area contributed by atoms with E-state index in [1.165, 1.54) is 0 Å². The summed E-state index contributed by atoms with van der Waals surface area (Å²) in [7, 11) is 0. The highest BCUT2D eigenvalue weighted by Crippen LogP contribution is 2.38. The van der Waals surface area contributed by atoms with Crippen molar-refractivity contribution < 1.29 is 4.42 Å². The van der Waals surface area contributed by atoms with Crippen LogP contribution in [-0.4, -0.2) is 19.2 Å². The van der Waals surface area contributed by atoms with Gasteiger partial charge in [0.15, 0.2) is 0 Å². The van der Waals surface area contributed by atoms with E-state index in [9.17, 15) is 0 Å². The molecule has 4 aromatic heterocycles. The van der Waals surface area contributed by atoms with Crippen LogP contribution in [0.25, 0.3) is 77.4 Å². The standard InChI is InChI=1S/C34H20N4O/c1-2-10-21(11-3-1)28-20-31-24-14-4-7-15-27(24)35-34(38(31)36-28)37-29-16-8-5-12-22(29)25-19-33-26(18-30(25)37)23-13-6-9-17-32(23)39-33/h1-20H. The average Bonchev–Trinajstić information content (AvgIpc) is 3.68. The largest absolute Gasteiger partial charge is 0.456 e. The fourth-order valence-electron chi connectivity index (χ4n) is 5.97. The van der Waals surface area contributed by atoms with Crippen LogP contribution in [0.4, 0.5) is 0 Å². The molecule has 9 aromatic rings. The SMILES string of the molecule is c1ccc(-c2cc3c4ccccc4nc(-n4c5ccccc5c5cc6oc7ccccc7c6cc54)n3n2)cc1. The van der Waals surface area contributed by atoms with E-state index >= 15 is 0 Å². The lowest BCUT2D eigenvalue weighted by Crippen LogP contribution is -2.07. The summed E-state index contributed by atoms with van der Waals surface area (Å²) in [5.41, 5.74) is 7.86. The van der Waals surface area contributed by atoms with Crippen LogP contribution in [0.5, 0.6) is 0 Å². The molecule has 0 fully saturated rings. The molecule has 0 aliphatic heterocycles. The van der Waals surface area contributed by atoms with Crippen LogP contribution in [-0.2, 0) is 0 Å². The number of rotatable bonds is 2. The Labute approximate surface area is 222 Å². The van der Waals surface area contributed by atoms with Crippen molar-refractivity contribution in [2.75, 3.05) is 0 Å². The molecule has 0 saturated carbocycles. The molecule has 182 valence electrons. The van der Waals surface area contributed by atoms with E-state index in [4.69, 9.17) is 14.5 Å². The second-order valence-electron chi connectivity index (χ2n) is 9.94. The Bertz CT molecular complexity index is 2390. The smallest absolute Gasteiger partial charge is 0.237 e. The van der Waals surface area contributed by atoms with Crippen LogP contribution in [0.15, 0.2) is 126 Å². The normalized spacial score (nSPS) is 12.1. The van der Waals surface area contributed by atoms with Crippen molar-refractivity contribution in [2.24, 2.45) is 0 Å². The van der Waals surface area contributed by atoms with Crippen molar-refractivity contribution in [1.82, 2.24) is 19.2 Å². The van der Waals surface area contributed by atoms with Gasteiger partial charge in [0, 0.05) is 32.5 Å². The van der Waals surface area contributed by atoms with Crippen LogP contribution in [0, 0.1) is 0 Å². The van der Waals surface area contributed by atoms with Crippen molar-refractivity contribution in [2.45, 2.75) is 0 Å².